The normalized spacial score (nSPS) is 18.8. The molecule has 154 valence electrons. The summed E-state index contributed by atoms with van der Waals surface area (Å²) in [6.45, 7) is 4.41. The first-order chi connectivity index (χ1) is 13.8. The van der Waals surface area contributed by atoms with E-state index in [1.54, 1.807) is 45.0 Å². The number of hydrogen-bond donors (Lipinski definition) is 1. The Bertz CT molecular complexity index is 980. The Kier molecular flexibility index (Phi) is 5.58. The lowest BCUT2D eigenvalue weighted by molar-refractivity contribution is -0.148. The van der Waals surface area contributed by atoms with Crippen LogP contribution in [0.2, 0.25) is 0 Å². The van der Waals surface area contributed by atoms with Gasteiger partial charge in [-0.2, -0.15) is 0 Å². The maximum absolute atomic E-state index is 12.4. The van der Waals surface area contributed by atoms with Gasteiger partial charge in [-0.05, 0) is 26.3 Å². The number of nitrogens with zero attached hydrogens (tertiary/aromatic N) is 1. The van der Waals surface area contributed by atoms with Crippen molar-refractivity contribution in [2.45, 2.75) is 39.3 Å². The van der Waals surface area contributed by atoms with Gasteiger partial charge in [0, 0.05) is 5.39 Å². The number of hydrogen-bond acceptors (Lipinski definition) is 7. The predicted molar refractivity (Wildman–Crippen MR) is 101 cm³/mol. The number of benzene rings is 1. The van der Waals surface area contributed by atoms with Gasteiger partial charge < -0.3 is 19.2 Å². The third-order valence-electron chi connectivity index (χ3n) is 4.88. The number of imide groups is 1. The Morgan fingerprint density at radius 3 is 2.55 bits per heavy atom. The lowest BCUT2D eigenvalue weighted by atomic mass is 9.99. The summed E-state index contributed by atoms with van der Waals surface area (Å²) in [5, 5.41) is 3.18. The molecule has 1 atom stereocenters. The number of furan rings is 1. The van der Waals surface area contributed by atoms with Crippen LogP contribution in [0.15, 0.2) is 28.7 Å². The topological polar surface area (TPSA) is 115 Å². The molecule has 2 heterocycles. The average Bonchev–Trinajstić information content (AvgIpc) is 3.17. The molecule has 1 N–H and O–H groups in total. The summed E-state index contributed by atoms with van der Waals surface area (Å²) in [5.74, 6) is -1.98. The number of para-hydroxylation sites is 1. The van der Waals surface area contributed by atoms with E-state index < -0.39 is 36.0 Å². The Hall–Kier alpha value is -3.36. The SMILES string of the molecule is CCOC(=O)c1oc2ccccc2c1COC(=O)CN1C(=O)N[C@@](C)(CC)C1=O. The zero-order valence-electron chi connectivity index (χ0n) is 16.4. The number of esters is 2. The molecule has 0 radical (unpaired) electrons. The summed E-state index contributed by atoms with van der Waals surface area (Å²) in [6, 6.07) is 6.28. The number of rotatable bonds is 7. The van der Waals surface area contributed by atoms with Crippen LogP contribution in [0.3, 0.4) is 0 Å². The van der Waals surface area contributed by atoms with Gasteiger partial charge >= 0.3 is 18.0 Å². The van der Waals surface area contributed by atoms with E-state index in [1.165, 1.54) is 0 Å². The van der Waals surface area contributed by atoms with Gasteiger partial charge in [0.15, 0.2) is 0 Å². The second-order valence-electron chi connectivity index (χ2n) is 6.79. The lowest BCUT2D eigenvalue weighted by Crippen LogP contribution is -2.43. The molecule has 1 aromatic carbocycles. The zero-order chi connectivity index (χ0) is 21.2. The van der Waals surface area contributed by atoms with Crippen LogP contribution in [0.4, 0.5) is 4.79 Å². The molecule has 9 heteroatoms. The van der Waals surface area contributed by atoms with Gasteiger partial charge in [0.05, 0.1) is 12.2 Å². The molecule has 0 saturated carbocycles. The van der Waals surface area contributed by atoms with E-state index in [2.05, 4.69) is 5.32 Å². The standard InChI is InChI=1S/C20H22N2O7/c1-4-20(3)18(25)22(19(26)21-20)10-15(23)28-11-13-12-8-6-7-9-14(12)29-16(13)17(24)27-5-2/h6-9H,4-5,10-11H2,1-3H3,(H,21,26)/t20-/m0/s1. The first kappa shape index (κ1) is 20.4. The molecule has 1 saturated heterocycles. The third-order valence-corrected chi connectivity index (χ3v) is 4.88. The fourth-order valence-corrected chi connectivity index (χ4v) is 3.06. The monoisotopic (exact) mass is 402 g/mol. The number of ether oxygens (including phenoxy) is 2. The quantitative estimate of drug-likeness (QED) is 0.558. The van der Waals surface area contributed by atoms with Crippen LogP contribution >= 0.6 is 0 Å². The highest BCUT2D eigenvalue weighted by Crippen LogP contribution is 2.27. The van der Waals surface area contributed by atoms with Gasteiger partial charge in [-0.15, -0.1) is 0 Å². The highest BCUT2D eigenvalue weighted by atomic mass is 16.5. The van der Waals surface area contributed by atoms with Crippen molar-refractivity contribution in [1.82, 2.24) is 10.2 Å². The van der Waals surface area contributed by atoms with Crippen LogP contribution in [-0.4, -0.2) is 47.5 Å². The van der Waals surface area contributed by atoms with Gasteiger partial charge in [0.1, 0.15) is 24.3 Å². The molecule has 0 aliphatic carbocycles. The minimum Gasteiger partial charge on any atom is -0.460 e. The molecule has 1 aliphatic heterocycles. The molecule has 0 unspecified atom stereocenters. The summed E-state index contributed by atoms with van der Waals surface area (Å²) in [5.41, 5.74) is -0.215. The third kappa shape index (κ3) is 3.80. The van der Waals surface area contributed by atoms with Gasteiger partial charge in [0.2, 0.25) is 5.76 Å². The molecule has 1 fully saturated rings. The number of carbonyl (C=O) groups excluding carboxylic acids is 4. The largest absolute Gasteiger partial charge is 0.460 e. The van der Waals surface area contributed by atoms with Crippen LogP contribution < -0.4 is 5.32 Å². The molecule has 3 amide bonds. The number of carbonyl (C=O) groups is 4. The fourth-order valence-electron chi connectivity index (χ4n) is 3.06. The molecular formula is C20H22N2O7. The molecular weight excluding hydrogens is 380 g/mol. The van der Waals surface area contributed by atoms with Gasteiger partial charge in [-0.1, -0.05) is 25.1 Å². The minimum absolute atomic E-state index is 0.0469. The van der Waals surface area contributed by atoms with E-state index in [-0.39, 0.29) is 19.0 Å². The van der Waals surface area contributed by atoms with Crippen molar-refractivity contribution in [1.29, 1.82) is 0 Å². The van der Waals surface area contributed by atoms with E-state index in [4.69, 9.17) is 13.9 Å². The lowest BCUT2D eigenvalue weighted by Gasteiger charge is -2.18. The number of fused-ring (bicyclic) bond motifs is 1. The van der Waals surface area contributed by atoms with Crippen molar-refractivity contribution in [3.63, 3.8) is 0 Å². The average molecular weight is 402 g/mol. The Balaban J connectivity index is 1.74. The van der Waals surface area contributed by atoms with Crippen molar-refractivity contribution in [2.75, 3.05) is 13.2 Å². The Labute approximate surface area is 166 Å². The molecule has 9 nitrogen and oxygen atoms in total. The van der Waals surface area contributed by atoms with Crippen molar-refractivity contribution >= 4 is 34.8 Å². The van der Waals surface area contributed by atoms with Crippen LogP contribution in [-0.2, 0) is 25.7 Å². The van der Waals surface area contributed by atoms with Crippen molar-refractivity contribution in [2.24, 2.45) is 0 Å². The predicted octanol–water partition coefficient (Wildman–Crippen LogP) is 2.37. The van der Waals surface area contributed by atoms with Crippen molar-refractivity contribution in [3.8, 4) is 0 Å². The molecule has 1 aromatic heterocycles. The van der Waals surface area contributed by atoms with E-state index in [1.807, 2.05) is 0 Å². The molecule has 0 bridgehead atoms. The van der Waals surface area contributed by atoms with Crippen molar-refractivity contribution < 1.29 is 33.1 Å². The van der Waals surface area contributed by atoms with Gasteiger partial charge in [0.25, 0.3) is 5.91 Å². The summed E-state index contributed by atoms with van der Waals surface area (Å²) in [6.07, 6.45) is 0.396. The second-order valence-corrected chi connectivity index (χ2v) is 6.79. The minimum atomic E-state index is -1.03. The summed E-state index contributed by atoms with van der Waals surface area (Å²) in [4.78, 5) is 49.7. The zero-order valence-corrected chi connectivity index (χ0v) is 16.4. The Morgan fingerprint density at radius 2 is 1.90 bits per heavy atom. The van der Waals surface area contributed by atoms with Gasteiger partial charge in [-0.25, -0.2) is 9.59 Å². The maximum Gasteiger partial charge on any atom is 0.374 e. The van der Waals surface area contributed by atoms with Gasteiger partial charge in [-0.3, -0.25) is 14.5 Å². The van der Waals surface area contributed by atoms with Crippen LogP contribution in [0.5, 0.6) is 0 Å². The summed E-state index contributed by atoms with van der Waals surface area (Å²) in [7, 11) is 0. The highest BCUT2D eigenvalue weighted by molar-refractivity contribution is 6.08. The highest BCUT2D eigenvalue weighted by Gasteiger charge is 2.47. The van der Waals surface area contributed by atoms with Crippen LogP contribution in [0, 0.1) is 0 Å². The molecule has 0 spiro atoms. The summed E-state index contributed by atoms with van der Waals surface area (Å²) >= 11 is 0. The first-order valence-electron chi connectivity index (χ1n) is 9.28. The molecule has 29 heavy (non-hydrogen) atoms. The maximum atomic E-state index is 12.4. The van der Waals surface area contributed by atoms with E-state index in [9.17, 15) is 19.2 Å². The van der Waals surface area contributed by atoms with Crippen LogP contribution in [0.25, 0.3) is 11.0 Å². The van der Waals surface area contributed by atoms with E-state index in [0.29, 0.717) is 23.0 Å². The molecule has 3 rings (SSSR count). The Morgan fingerprint density at radius 1 is 1.17 bits per heavy atom. The first-order valence-corrected chi connectivity index (χ1v) is 9.28. The van der Waals surface area contributed by atoms with E-state index in [0.717, 1.165) is 4.90 Å². The number of nitrogens with one attached hydrogen (secondary N) is 1. The fraction of sp³-hybridized carbons (Fsp3) is 0.400. The summed E-state index contributed by atoms with van der Waals surface area (Å²) < 4.78 is 15.8. The smallest absolute Gasteiger partial charge is 0.374 e. The molecule has 2 aromatic rings. The van der Waals surface area contributed by atoms with E-state index >= 15 is 0 Å². The number of urea groups is 1. The van der Waals surface area contributed by atoms with Crippen LogP contribution in [0.1, 0.15) is 43.3 Å². The van der Waals surface area contributed by atoms with Crippen molar-refractivity contribution in [3.05, 3.63) is 35.6 Å². The second kappa shape index (κ2) is 7.94. The molecule has 1 aliphatic rings. The number of amides is 3.